The van der Waals surface area contributed by atoms with Crippen LogP contribution in [0.2, 0.25) is 0 Å². The molecule has 0 saturated carbocycles. The summed E-state index contributed by atoms with van der Waals surface area (Å²) in [6.45, 7) is 1.95. The quantitative estimate of drug-likeness (QED) is 0.736. The Morgan fingerprint density at radius 1 is 1.33 bits per heavy atom. The van der Waals surface area contributed by atoms with Crippen LogP contribution in [0.1, 0.15) is 28.1 Å². The second-order valence-electron chi connectivity index (χ2n) is 4.14. The van der Waals surface area contributed by atoms with Crippen LogP contribution in [0.4, 0.5) is 0 Å². The summed E-state index contributed by atoms with van der Waals surface area (Å²) in [5.41, 5.74) is 1.37. The van der Waals surface area contributed by atoms with Crippen molar-refractivity contribution >= 4 is 18.0 Å². The van der Waals surface area contributed by atoms with E-state index < -0.39 is 0 Å². The maximum atomic E-state index is 12.2. The second-order valence-corrected chi connectivity index (χ2v) is 5.52. The predicted octanol–water partition coefficient (Wildman–Crippen LogP) is 3.29. The van der Waals surface area contributed by atoms with Crippen molar-refractivity contribution < 1.29 is 9.21 Å². The van der Waals surface area contributed by atoms with Crippen LogP contribution < -0.4 is 5.43 Å². The van der Waals surface area contributed by atoms with Gasteiger partial charge >= 0.3 is 0 Å². The molecule has 3 rings (SSSR count). The first-order chi connectivity index (χ1) is 8.72. The van der Waals surface area contributed by atoms with Crippen LogP contribution in [0.3, 0.4) is 0 Å². The van der Waals surface area contributed by atoms with Crippen molar-refractivity contribution in [1.29, 1.82) is 0 Å². The number of thioether (sulfide) groups is 1. The average molecular weight is 258 g/mol. The van der Waals surface area contributed by atoms with E-state index in [0.717, 1.165) is 10.5 Å². The summed E-state index contributed by atoms with van der Waals surface area (Å²) in [6.07, 6.45) is 1.79. The van der Waals surface area contributed by atoms with Crippen LogP contribution in [0, 0.1) is 0 Å². The van der Waals surface area contributed by atoms with E-state index in [-0.39, 0.29) is 16.2 Å². The molecule has 2 heterocycles. The van der Waals surface area contributed by atoms with E-state index in [2.05, 4.69) is 0 Å². The van der Waals surface area contributed by atoms with Gasteiger partial charge in [-0.05, 0) is 13.0 Å². The number of hydrogen-bond donors (Lipinski definition) is 0. The minimum absolute atomic E-state index is 0.00829. The minimum atomic E-state index is -0.222. The van der Waals surface area contributed by atoms with Gasteiger partial charge in [0.15, 0.2) is 11.7 Å². The third-order valence-electron chi connectivity index (χ3n) is 3.02. The Morgan fingerprint density at radius 3 is 2.89 bits per heavy atom. The molecule has 0 radical (unpaired) electrons. The normalized spacial score (nSPS) is 16.8. The first-order valence-corrected chi connectivity index (χ1v) is 6.47. The Kier molecular flexibility index (Phi) is 2.59. The van der Waals surface area contributed by atoms with E-state index >= 15 is 0 Å². The predicted molar refractivity (Wildman–Crippen MR) is 70.1 cm³/mol. The Labute approximate surface area is 108 Å². The van der Waals surface area contributed by atoms with Gasteiger partial charge in [0.2, 0.25) is 0 Å². The van der Waals surface area contributed by atoms with Crippen molar-refractivity contribution in [3.05, 3.63) is 51.9 Å². The average Bonchev–Trinajstić information content (AvgIpc) is 2.39. The maximum absolute atomic E-state index is 12.2. The van der Waals surface area contributed by atoms with Gasteiger partial charge < -0.3 is 4.42 Å². The van der Waals surface area contributed by atoms with Crippen LogP contribution in [0.15, 0.2) is 44.6 Å². The molecular formula is C14H10O3S. The van der Waals surface area contributed by atoms with Crippen LogP contribution in [0.25, 0.3) is 11.3 Å². The lowest BCUT2D eigenvalue weighted by Crippen LogP contribution is -2.18. The fourth-order valence-corrected chi connectivity index (χ4v) is 3.32. The molecule has 3 nitrogen and oxygen atoms in total. The minimum Gasteiger partial charge on any atom is -0.463 e. The number of carbonyl (C=O) groups is 1. The van der Waals surface area contributed by atoms with Gasteiger partial charge in [0, 0.05) is 15.7 Å². The highest BCUT2D eigenvalue weighted by Crippen LogP contribution is 2.47. The molecule has 1 aromatic heterocycles. The van der Waals surface area contributed by atoms with Crippen molar-refractivity contribution in [2.45, 2.75) is 17.1 Å². The van der Waals surface area contributed by atoms with Crippen LogP contribution >= 0.6 is 11.8 Å². The highest BCUT2D eigenvalue weighted by atomic mass is 32.2. The van der Waals surface area contributed by atoms with Gasteiger partial charge in [-0.2, -0.15) is 0 Å². The highest BCUT2D eigenvalue weighted by Gasteiger charge is 2.27. The summed E-state index contributed by atoms with van der Waals surface area (Å²) in [6, 6.07) is 7.80. The van der Waals surface area contributed by atoms with Crippen molar-refractivity contribution in [3.63, 3.8) is 0 Å². The van der Waals surface area contributed by atoms with E-state index in [0.29, 0.717) is 17.6 Å². The van der Waals surface area contributed by atoms with Crippen LogP contribution in [-0.2, 0) is 0 Å². The van der Waals surface area contributed by atoms with Crippen molar-refractivity contribution in [2.75, 3.05) is 0 Å². The van der Waals surface area contributed by atoms with Crippen molar-refractivity contribution in [3.8, 4) is 11.3 Å². The number of aldehydes is 1. The largest absolute Gasteiger partial charge is 0.463 e. The molecule has 0 spiro atoms. The van der Waals surface area contributed by atoms with E-state index in [1.807, 2.05) is 31.2 Å². The fourth-order valence-electron chi connectivity index (χ4n) is 2.16. The number of benzene rings is 1. The Balaban J connectivity index is 2.36. The molecule has 90 valence electrons. The van der Waals surface area contributed by atoms with Crippen molar-refractivity contribution in [2.24, 2.45) is 0 Å². The van der Waals surface area contributed by atoms with E-state index in [1.165, 1.54) is 6.26 Å². The third-order valence-corrected chi connectivity index (χ3v) is 4.22. The number of carbonyl (C=O) groups excluding carboxylic acids is 1. The van der Waals surface area contributed by atoms with E-state index in [4.69, 9.17) is 4.42 Å². The molecule has 1 aliphatic rings. The van der Waals surface area contributed by atoms with Gasteiger partial charge in [0.05, 0.1) is 11.1 Å². The zero-order valence-corrected chi connectivity index (χ0v) is 10.5. The van der Waals surface area contributed by atoms with Gasteiger partial charge in [-0.3, -0.25) is 9.59 Å². The summed E-state index contributed by atoms with van der Waals surface area (Å²) in [7, 11) is 0. The van der Waals surface area contributed by atoms with Crippen LogP contribution in [0.5, 0.6) is 0 Å². The monoisotopic (exact) mass is 258 g/mol. The maximum Gasteiger partial charge on any atom is 0.200 e. The standard InChI is InChI=1S/C14H10O3S/c1-8-12-13(16)9(6-15)7-17-14(12)10-4-2-3-5-11(10)18-8/h2-8H,1H3. The lowest BCUT2D eigenvalue weighted by atomic mass is 10.0. The smallest absolute Gasteiger partial charge is 0.200 e. The Morgan fingerprint density at radius 2 is 2.11 bits per heavy atom. The van der Waals surface area contributed by atoms with E-state index in [1.54, 1.807) is 11.8 Å². The van der Waals surface area contributed by atoms with Gasteiger partial charge in [-0.25, -0.2) is 0 Å². The van der Waals surface area contributed by atoms with Gasteiger partial charge in [0.25, 0.3) is 0 Å². The summed E-state index contributed by atoms with van der Waals surface area (Å²) in [4.78, 5) is 24.1. The summed E-state index contributed by atoms with van der Waals surface area (Å²) in [5.74, 6) is 0.590. The van der Waals surface area contributed by atoms with Gasteiger partial charge in [-0.1, -0.05) is 18.2 Å². The zero-order chi connectivity index (χ0) is 12.7. The molecule has 1 aliphatic heterocycles. The topological polar surface area (TPSA) is 47.3 Å². The lowest BCUT2D eigenvalue weighted by Gasteiger charge is -2.22. The molecule has 18 heavy (non-hydrogen) atoms. The molecule has 0 saturated heterocycles. The molecule has 0 fully saturated rings. The number of rotatable bonds is 1. The second kappa shape index (κ2) is 4.14. The highest BCUT2D eigenvalue weighted by molar-refractivity contribution is 7.99. The Hall–Kier alpha value is -1.81. The molecule has 0 bridgehead atoms. The first kappa shape index (κ1) is 11.3. The summed E-state index contributed by atoms with van der Waals surface area (Å²) in [5, 5.41) is -0.00829. The van der Waals surface area contributed by atoms with E-state index in [9.17, 15) is 9.59 Å². The summed E-state index contributed by atoms with van der Waals surface area (Å²) < 4.78 is 5.50. The fraction of sp³-hybridized carbons (Fsp3) is 0.143. The number of fused-ring (bicyclic) bond motifs is 3. The molecule has 4 heteroatoms. The third kappa shape index (κ3) is 1.53. The molecule has 2 aromatic rings. The zero-order valence-electron chi connectivity index (χ0n) is 9.67. The first-order valence-electron chi connectivity index (χ1n) is 5.59. The number of hydrogen-bond acceptors (Lipinski definition) is 4. The lowest BCUT2D eigenvalue weighted by molar-refractivity contribution is 0.112. The van der Waals surface area contributed by atoms with Crippen LogP contribution in [-0.4, -0.2) is 6.29 Å². The van der Waals surface area contributed by atoms with Gasteiger partial charge in [-0.15, -0.1) is 11.8 Å². The molecule has 1 aromatic carbocycles. The molecule has 1 unspecified atom stereocenters. The molecule has 1 atom stereocenters. The molecule has 0 aliphatic carbocycles. The van der Waals surface area contributed by atoms with Crippen molar-refractivity contribution in [1.82, 2.24) is 0 Å². The molecule has 0 amide bonds. The SMILES string of the molecule is CC1Sc2ccccc2-c2occ(C=O)c(=O)c21. The molecule has 0 N–H and O–H groups in total. The summed E-state index contributed by atoms with van der Waals surface area (Å²) >= 11 is 1.61. The van der Waals surface area contributed by atoms with Gasteiger partial charge in [0.1, 0.15) is 12.0 Å². The Bertz CT molecular complexity index is 688. The molecular weight excluding hydrogens is 248 g/mol.